The van der Waals surface area contributed by atoms with Crippen LogP contribution in [0, 0.1) is 6.92 Å². The zero-order valence-corrected chi connectivity index (χ0v) is 10.4. The van der Waals surface area contributed by atoms with Crippen molar-refractivity contribution < 1.29 is 4.79 Å². The molecule has 1 aromatic heterocycles. The lowest BCUT2D eigenvalue weighted by atomic mass is 10.2. The normalized spacial score (nSPS) is 10.1. The molecule has 1 heterocycles. The van der Waals surface area contributed by atoms with E-state index in [9.17, 15) is 9.59 Å². The highest BCUT2D eigenvalue weighted by molar-refractivity contribution is 6.30. The predicted molar refractivity (Wildman–Crippen MR) is 71.2 cm³/mol. The first-order valence-corrected chi connectivity index (χ1v) is 5.71. The first-order chi connectivity index (χ1) is 8.58. The van der Waals surface area contributed by atoms with Crippen molar-refractivity contribution in [3.05, 3.63) is 63.0 Å². The molecule has 0 aliphatic rings. The van der Waals surface area contributed by atoms with E-state index in [4.69, 9.17) is 11.6 Å². The number of aromatic nitrogens is 1. The van der Waals surface area contributed by atoms with Crippen molar-refractivity contribution in [1.29, 1.82) is 0 Å². The summed E-state index contributed by atoms with van der Waals surface area (Å²) in [4.78, 5) is 25.4. The van der Waals surface area contributed by atoms with Gasteiger partial charge in [-0.25, -0.2) is 0 Å². The molecule has 5 heteroatoms. The van der Waals surface area contributed by atoms with E-state index in [1.165, 1.54) is 12.3 Å². The summed E-state index contributed by atoms with van der Waals surface area (Å²) in [5.74, 6) is -0.317. The molecule has 2 N–H and O–H groups in total. The van der Waals surface area contributed by atoms with Crippen LogP contribution < -0.4 is 10.9 Å². The van der Waals surface area contributed by atoms with Crippen LogP contribution in [-0.4, -0.2) is 10.9 Å². The number of hydrogen-bond acceptors (Lipinski definition) is 2. The number of benzene rings is 1. The number of amides is 1. The number of carbonyl (C=O) groups is 1. The quantitative estimate of drug-likeness (QED) is 0.874. The summed E-state index contributed by atoms with van der Waals surface area (Å²) in [7, 11) is 0. The minimum Gasteiger partial charge on any atom is -0.327 e. The molecule has 0 aliphatic carbocycles. The number of rotatable bonds is 2. The Balaban J connectivity index is 2.25. The van der Waals surface area contributed by atoms with Crippen molar-refractivity contribution in [2.75, 3.05) is 5.32 Å². The van der Waals surface area contributed by atoms with E-state index in [1.807, 2.05) is 25.1 Å². The van der Waals surface area contributed by atoms with Gasteiger partial charge in [0.25, 0.3) is 11.5 Å². The summed E-state index contributed by atoms with van der Waals surface area (Å²) in [6.07, 6.45) is 1.34. The molecule has 0 unspecified atom stereocenters. The number of aromatic amines is 1. The van der Waals surface area contributed by atoms with Crippen LogP contribution in [0.15, 0.2) is 41.3 Å². The Bertz CT molecular complexity index is 649. The van der Waals surface area contributed by atoms with E-state index >= 15 is 0 Å². The summed E-state index contributed by atoms with van der Waals surface area (Å²) in [6, 6.07) is 8.77. The average Bonchev–Trinajstić information content (AvgIpc) is 2.35. The molecule has 0 atom stereocenters. The fourth-order valence-electron chi connectivity index (χ4n) is 1.49. The molecule has 0 bridgehead atoms. The van der Waals surface area contributed by atoms with E-state index in [1.54, 1.807) is 6.07 Å². The van der Waals surface area contributed by atoms with Gasteiger partial charge >= 0.3 is 0 Å². The summed E-state index contributed by atoms with van der Waals surface area (Å²) in [6.45, 7) is 1.90. The Hall–Kier alpha value is -2.07. The average molecular weight is 263 g/mol. The van der Waals surface area contributed by atoms with Crippen LogP contribution in [0.2, 0.25) is 5.02 Å². The monoisotopic (exact) mass is 262 g/mol. The second kappa shape index (κ2) is 5.06. The maximum Gasteiger partial charge on any atom is 0.266 e. The van der Waals surface area contributed by atoms with Crippen LogP contribution in [0.4, 0.5) is 5.69 Å². The number of hydrogen-bond donors (Lipinski definition) is 2. The molecule has 4 nitrogen and oxygen atoms in total. The van der Waals surface area contributed by atoms with Gasteiger partial charge in [0.05, 0.1) is 5.56 Å². The lowest BCUT2D eigenvalue weighted by Crippen LogP contribution is -2.16. The van der Waals surface area contributed by atoms with Gasteiger partial charge < -0.3 is 10.3 Å². The highest BCUT2D eigenvalue weighted by atomic mass is 35.5. The number of aryl methyl sites for hydroxylation is 1. The first kappa shape index (κ1) is 12.4. The second-order valence-electron chi connectivity index (χ2n) is 3.83. The van der Waals surface area contributed by atoms with Gasteiger partial charge in [0.2, 0.25) is 0 Å². The zero-order chi connectivity index (χ0) is 13.1. The van der Waals surface area contributed by atoms with Crippen molar-refractivity contribution in [3.63, 3.8) is 0 Å². The molecule has 2 rings (SSSR count). The van der Waals surface area contributed by atoms with Crippen LogP contribution in [0.1, 0.15) is 15.9 Å². The smallest absolute Gasteiger partial charge is 0.266 e. The number of halogens is 1. The van der Waals surface area contributed by atoms with Crippen molar-refractivity contribution in [1.82, 2.24) is 4.98 Å². The van der Waals surface area contributed by atoms with Crippen LogP contribution in [0.5, 0.6) is 0 Å². The van der Waals surface area contributed by atoms with Crippen molar-refractivity contribution in [2.45, 2.75) is 6.92 Å². The maximum absolute atomic E-state index is 11.9. The Labute approximate surface area is 109 Å². The molecule has 0 fully saturated rings. The number of carbonyl (C=O) groups excluding carboxylic acids is 1. The van der Waals surface area contributed by atoms with Gasteiger partial charge in [0.1, 0.15) is 5.02 Å². The first-order valence-electron chi connectivity index (χ1n) is 5.33. The van der Waals surface area contributed by atoms with Gasteiger partial charge in [0.15, 0.2) is 0 Å². The lowest BCUT2D eigenvalue weighted by molar-refractivity contribution is 0.102. The van der Waals surface area contributed by atoms with E-state index in [2.05, 4.69) is 10.3 Å². The molecule has 0 saturated heterocycles. The Morgan fingerprint density at radius 1 is 1.33 bits per heavy atom. The summed E-state index contributed by atoms with van der Waals surface area (Å²) >= 11 is 5.67. The summed E-state index contributed by atoms with van der Waals surface area (Å²) in [5, 5.41) is 2.75. The Kier molecular flexibility index (Phi) is 3.48. The van der Waals surface area contributed by atoms with E-state index < -0.39 is 5.56 Å². The molecule has 0 spiro atoms. The molecular weight excluding hydrogens is 252 g/mol. The number of para-hydroxylation sites is 1. The molecular formula is C13H11ClN2O2. The molecule has 0 saturated carbocycles. The van der Waals surface area contributed by atoms with Gasteiger partial charge in [-0.05, 0) is 24.6 Å². The molecule has 18 heavy (non-hydrogen) atoms. The summed E-state index contributed by atoms with van der Waals surface area (Å²) in [5.41, 5.74) is 1.58. The fraction of sp³-hybridized carbons (Fsp3) is 0.0769. The van der Waals surface area contributed by atoms with Crippen LogP contribution in [0.3, 0.4) is 0 Å². The number of anilines is 1. The minimum atomic E-state index is -0.413. The largest absolute Gasteiger partial charge is 0.327 e. The number of nitrogens with one attached hydrogen (secondary N) is 2. The SMILES string of the molecule is Cc1ccccc1NC(=O)c1c[nH]c(=O)c(Cl)c1. The Morgan fingerprint density at radius 3 is 2.72 bits per heavy atom. The molecule has 2 aromatic rings. The van der Waals surface area contributed by atoms with Crippen LogP contribution in [-0.2, 0) is 0 Å². The zero-order valence-electron chi connectivity index (χ0n) is 9.66. The van der Waals surface area contributed by atoms with Crippen molar-refractivity contribution >= 4 is 23.2 Å². The van der Waals surface area contributed by atoms with E-state index in [-0.39, 0.29) is 10.9 Å². The topological polar surface area (TPSA) is 62.0 Å². The highest BCUT2D eigenvalue weighted by Crippen LogP contribution is 2.14. The molecule has 0 aliphatic heterocycles. The predicted octanol–water partition coefficient (Wildman–Crippen LogP) is 2.59. The van der Waals surface area contributed by atoms with Crippen molar-refractivity contribution in [3.8, 4) is 0 Å². The summed E-state index contributed by atoms with van der Waals surface area (Å²) < 4.78 is 0. The standard InChI is InChI=1S/C13H11ClN2O2/c1-8-4-2-3-5-11(8)16-12(17)9-6-10(14)13(18)15-7-9/h2-7H,1H3,(H,15,18)(H,16,17). The van der Waals surface area contributed by atoms with Crippen LogP contribution in [0.25, 0.3) is 0 Å². The minimum absolute atomic E-state index is 0.00701. The second-order valence-corrected chi connectivity index (χ2v) is 4.24. The van der Waals surface area contributed by atoms with Crippen molar-refractivity contribution in [2.24, 2.45) is 0 Å². The van der Waals surface area contributed by atoms with Gasteiger partial charge in [-0.15, -0.1) is 0 Å². The third kappa shape index (κ3) is 2.60. The van der Waals surface area contributed by atoms with Gasteiger partial charge in [0, 0.05) is 11.9 Å². The molecule has 0 radical (unpaired) electrons. The van der Waals surface area contributed by atoms with E-state index in [0.717, 1.165) is 11.3 Å². The number of H-pyrrole nitrogens is 1. The molecule has 1 aromatic carbocycles. The Morgan fingerprint density at radius 2 is 2.06 bits per heavy atom. The number of pyridine rings is 1. The van der Waals surface area contributed by atoms with Gasteiger partial charge in [-0.1, -0.05) is 29.8 Å². The fourth-order valence-corrected chi connectivity index (χ4v) is 1.67. The lowest BCUT2D eigenvalue weighted by Gasteiger charge is -2.07. The van der Waals surface area contributed by atoms with Gasteiger partial charge in [-0.2, -0.15) is 0 Å². The third-order valence-corrected chi connectivity index (χ3v) is 2.79. The van der Waals surface area contributed by atoms with E-state index in [0.29, 0.717) is 5.56 Å². The highest BCUT2D eigenvalue weighted by Gasteiger charge is 2.09. The maximum atomic E-state index is 11.9. The van der Waals surface area contributed by atoms with Crippen LogP contribution >= 0.6 is 11.6 Å². The molecule has 92 valence electrons. The van der Waals surface area contributed by atoms with Gasteiger partial charge in [-0.3, -0.25) is 9.59 Å². The molecule has 1 amide bonds. The third-order valence-electron chi connectivity index (χ3n) is 2.51.